The third-order valence-electron chi connectivity index (χ3n) is 3.57. The number of rotatable bonds is 3. The molecule has 0 spiro atoms. The zero-order valence-corrected chi connectivity index (χ0v) is 10.7. The lowest BCUT2D eigenvalue weighted by atomic mass is 9.97. The van der Waals surface area contributed by atoms with Crippen molar-refractivity contribution in [2.45, 2.75) is 38.1 Å². The molecule has 1 aromatic heterocycles. The van der Waals surface area contributed by atoms with Gasteiger partial charge in [0, 0.05) is 12.3 Å². The van der Waals surface area contributed by atoms with Crippen molar-refractivity contribution in [3.8, 4) is 0 Å². The van der Waals surface area contributed by atoms with Crippen LogP contribution >= 0.6 is 0 Å². The van der Waals surface area contributed by atoms with Gasteiger partial charge >= 0.3 is 0 Å². The summed E-state index contributed by atoms with van der Waals surface area (Å²) in [6.07, 6.45) is -0.995. The summed E-state index contributed by atoms with van der Waals surface area (Å²) in [5.74, 6) is 0.850. The minimum Gasteiger partial charge on any atom is -0.385 e. The topological polar surface area (TPSA) is 50.9 Å². The fourth-order valence-corrected chi connectivity index (χ4v) is 2.49. The Morgan fingerprint density at radius 2 is 2.16 bits per heavy atom. The average molecular weight is 261 g/mol. The van der Waals surface area contributed by atoms with Crippen LogP contribution in [-0.2, 0) is 0 Å². The highest BCUT2D eigenvalue weighted by molar-refractivity contribution is 5.28. The second-order valence-electron chi connectivity index (χ2n) is 4.83. The number of hydrogen-bond donors (Lipinski definition) is 1. The highest BCUT2D eigenvalue weighted by Gasteiger charge is 2.35. The molecule has 0 saturated heterocycles. The molecule has 2 aromatic rings. The van der Waals surface area contributed by atoms with Crippen LogP contribution in [0.15, 0.2) is 30.3 Å². The summed E-state index contributed by atoms with van der Waals surface area (Å²) >= 11 is 0. The quantitative estimate of drug-likeness (QED) is 0.924. The molecular weight excluding hydrogens is 245 g/mol. The molecule has 1 aliphatic heterocycles. The molecule has 100 valence electrons. The van der Waals surface area contributed by atoms with E-state index in [0.717, 1.165) is 5.56 Å². The molecule has 3 unspecified atom stereocenters. The van der Waals surface area contributed by atoms with E-state index in [-0.39, 0.29) is 5.92 Å². The molecule has 3 rings (SSSR count). The molecule has 1 aromatic carbocycles. The highest BCUT2D eigenvalue weighted by atomic mass is 19.1. The lowest BCUT2D eigenvalue weighted by Crippen LogP contribution is -2.03. The standard InChI is InChI=1S/C14H16FN3O/c1-2-11(19)13-16-14-10(8-12(15)18(14)17-13)9-6-4-3-5-7-9/h3-7,10-12,19H,2,8H2,1H3. The average Bonchev–Trinajstić information content (AvgIpc) is 3.00. The Hall–Kier alpha value is -1.75. The first kappa shape index (κ1) is 12.3. The first-order chi connectivity index (χ1) is 9.20. The molecule has 0 fully saturated rings. The molecular formula is C14H16FN3O. The molecule has 4 nitrogen and oxygen atoms in total. The summed E-state index contributed by atoms with van der Waals surface area (Å²) in [4.78, 5) is 4.33. The second-order valence-corrected chi connectivity index (χ2v) is 4.83. The SMILES string of the molecule is CCC(O)c1nc2n(n1)C(F)CC2c1ccccc1. The summed E-state index contributed by atoms with van der Waals surface area (Å²) in [6.45, 7) is 1.85. The minimum absolute atomic E-state index is 0.0819. The van der Waals surface area contributed by atoms with Crippen LogP contribution in [-0.4, -0.2) is 19.9 Å². The van der Waals surface area contributed by atoms with E-state index >= 15 is 0 Å². The normalized spacial score (nSPS) is 23.3. The van der Waals surface area contributed by atoms with E-state index in [9.17, 15) is 9.50 Å². The van der Waals surface area contributed by atoms with Gasteiger partial charge in [-0.1, -0.05) is 37.3 Å². The van der Waals surface area contributed by atoms with Crippen LogP contribution in [0.25, 0.3) is 0 Å². The van der Waals surface area contributed by atoms with Crippen molar-refractivity contribution in [2.75, 3.05) is 0 Å². The first-order valence-electron chi connectivity index (χ1n) is 6.54. The van der Waals surface area contributed by atoms with Crippen LogP contribution in [0.2, 0.25) is 0 Å². The Labute approximate surface area is 110 Å². The van der Waals surface area contributed by atoms with Crippen LogP contribution in [0.4, 0.5) is 4.39 Å². The molecule has 0 saturated carbocycles. The van der Waals surface area contributed by atoms with Gasteiger partial charge in [0.15, 0.2) is 12.1 Å². The predicted octanol–water partition coefficient (Wildman–Crippen LogP) is 2.73. The molecule has 0 amide bonds. The van der Waals surface area contributed by atoms with Gasteiger partial charge < -0.3 is 5.11 Å². The van der Waals surface area contributed by atoms with Crippen molar-refractivity contribution in [3.63, 3.8) is 0 Å². The molecule has 0 radical (unpaired) electrons. The van der Waals surface area contributed by atoms with Crippen molar-refractivity contribution in [2.24, 2.45) is 0 Å². The zero-order chi connectivity index (χ0) is 13.4. The third kappa shape index (κ3) is 2.04. The highest BCUT2D eigenvalue weighted by Crippen LogP contribution is 2.40. The maximum Gasteiger partial charge on any atom is 0.194 e. The summed E-state index contributed by atoms with van der Waals surface area (Å²) in [5.41, 5.74) is 1.04. The van der Waals surface area contributed by atoms with E-state index in [0.29, 0.717) is 24.5 Å². The van der Waals surface area contributed by atoms with Crippen LogP contribution in [0.3, 0.4) is 0 Å². The number of aliphatic hydroxyl groups excluding tert-OH is 1. The molecule has 1 aliphatic rings. The van der Waals surface area contributed by atoms with E-state index in [1.165, 1.54) is 4.68 Å². The Morgan fingerprint density at radius 1 is 1.42 bits per heavy atom. The summed E-state index contributed by atoms with van der Waals surface area (Å²) < 4.78 is 15.3. The Bertz CT molecular complexity index is 569. The summed E-state index contributed by atoms with van der Waals surface area (Å²) in [7, 11) is 0. The van der Waals surface area contributed by atoms with Crippen molar-refractivity contribution in [1.29, 1.82) is 0 Å². The smallest absolute Gasteiger partial charge is 0.194 e. The molecule has 0 aliphatic carbocycles. The van der Waals surface area contributed by atoms with E-state index in [1.54, 1.807) is 0 Å². The number of hydrogen-bond acceptors (Lipinski definition) is 3. The monoisotopic (exact) mass is 261 g/mol. The van der Waals surface area contributed by atoms with Crippen LogP contribution < -0.4 is 0 Å². The van der Waals surface area contributed by atoms with Gasteiger partial charge in [-0.2, -0.15) is 5.10 Å². The van der Waals surface area contributed by atoms with Crippen molar-refractivity contribution < 1.29 is 9.50 Å². The number of benzene rings is 1. The van der Waals surface area contributed by atoms with Gasteiger partial charge in [0.1, 0.15) is 11.9 Å². The van der Waals surface area contributed by atoms with Crippen LogP contribution in [0, 0.1) is 0 Å². The number of aliphatic hydroxyl groups is 1. The number of alkyl halides is 1. The maximum atomic E-state index is 14.0. The maximum absolute atomic E-state index is 14.0. The fourth-order valence-electron chi connectivity index (χ4n) is 2.49. The predicted molar refractivity (Wildman–Crippen MR) is 68.3 cm³/mol. The molecule has 1 N–H and O–H groups in total. The van der Waals surface area contributed by atoms with Gasteiger partial charge in [-0.25, -0.2) is 14.1 Å². The van der Waals surface area contributed by atoms with Crippen LogP contribution in [0.1, 0.15) is 55.3 Å². The van der Waals surface area contributed by atoms with Crippen molar-refractivity contribution in [3.05, 3.63) is 47.5 Å². The first-order valence-corrected chi connectivity index (χ1v) is 6.54. The number of nitrogens with zero attached hydrogens (tertiary/aromatic N) is 3. The lowest BCUT2D eigenvalue weighted by molar-refractivity contribution is 0.159. The Morgan fingerprint density at radius 3 is 2.84 bits per heavy atom. The Balaban J connectivity index is 1.99. The third-order valence-corrected chi connectivity index (χ3v) is 3.57. The molecule has 19 heavy (non-hydrogen) atoms. The van der Waals surface area contributed by atoms with Crippen molar-refractivity contribution >= 4 is 0 Å². The van der Waals surface area contributed by atoms with E-state index in [4.69, 9.17) is 0 Å². The minimum atomic E-state index is -1.16. The second kappa shape index (κ2) is 4.74. The lowest BCUT2D eigenvalue weighted by Gasteiger charge is -2.08. The molecule has 3 atom stereocenters. The largest absolute Gasteiger partial charge is 0.385 e. The molecule has 5 heteroatoms. The number of halogens is 1. The van der Waals surface area contributed by atoms with E-state index in [1.807, 2.05) is 37.3 Å². The summed E-state index contributed by atoms with van der Waals surface area (Å²) in [5, 5.41) is 13.9. The van der Waals surface area contributed by atoms with Gasteiger partial charge in [-0.3, -0.25) is 0 Å². The molecule has 2 heterocycles. The van der Waals surface area contributed by atoms with Crippen LogP contribution in [0.5, 0.6) is 0 Å². The van der Waals surface area contributed by atoms with Crippen molar-refractivity contribution in [1.82, 2.24) is 14.8 Å². The number of fused-ring (bicyclic) bond motifs is 1. The van der Waals surface area contributed by atoms with E-state index < -0.39 is 12.4 Å². The summed E-state index contributed by atoms with van der Waals surface area (Å²) in [6, 6.07) is 9.74. The van der Waals surface area contributed by atoms with Gasteiger partial charge in [0.05, 0.1) is 0 Å². The van der Waals surface area contributed by atoms with E-state index in [2.05, 4.69) is 10.1 Å². The molecule has 0 bridgehead atoms. The van der Waals surface area contributed by atoms with Gasteiger partial charge in [0.25, 0.3) is 0 Å². The Kier molecular flexibility index (Phi) is 3.06. The van der Waals surface area contributed by atoms with Gasteiger partial charge in [-0.15, -0.1) is 0 Å². The number of aromatic nitrogens is 3. The van der Waals surface area contributed by atoms with Gasteiger partial charge in [0.2, 0.25) is 0 Å². The zero-order valence-electron chi connectivity index (χ0n) is 10.7. The fraction of sp³-hybridized carbons (Fsp3) is 0.429. The van der Waals surface area contributed by atoms with Gasteiger partial charge in [-0.05, 0) is 12.0 Å².